The van der Waals surface area contributed by atoms with Gasteiger partial charge in [-0.25, -0.2) is 4.98 Å². The average Bonchev–Trinajstić information content (AvgIpc) is 2.51. The van der Waals surface area contributed by atoms with Crippen LogP contribution in [0.3, 0.4) is 0 Å². The maximum atomic E-state index is 11.2. The first kappa shape index (κ1) is 11.2. The minimum Gasteiger partial charge on any atom is -0.369 e. The first-order valence-electron chi connectivity index (χ1n) is 4.73. The fraction of sp³-hybridized carbons (Fsp3) is 0.200. The molecule has 0 saturated carbocycles. The molecule has 4 N–H and O–H groups in total. The van der Waals surface area contributed by atoms with E-state index in [1.165, 1.54) is 0 Å². The lowest BCUT2D eigenvalue weighted by Gasteiger charge is -2.11. The van der Waals surface area contributed by atoms with E-state index >= 15 is 0 Å². The molecular formula is C10H11IN4O. The fourth-order valence-corrected chi connectivity index (χ4v) is 2.10. The van der Waals surface area contributed by atoms with Crippen molar-refractivity contribution in [2.45, 2.75) is 13.0 Å². The second-order valence-electron chi connectivity index (χ2n) is 3.55. The van der Waals surface area contributed by atoms with Crippen molar-refractivity contribution in [1.82, 2.24) is 9.55 Å². The average molecular weight is 330 g/mol. The Balaban J connectivity index is 2.69. The number of nitrogens with zero attached hydrogens (tertiary/aromatic N) is 2. The second kappa shape index (κ2) is 3.93. The highest BCUT2D eigenvalue weighted by molar-refractivity contribution is 14.1. The molecule has 0 radical (unpaired) electrons. The maximum absolute atomic E-state index is 11.2. The van der Waals surface area contributed by atoms with E-state index in [0.29, 0.717) is 5.95 Å². The summed E-state index contributed by atoms with van der Waals surface area (Å²) >= 11 is 2.20. The number of hydrogen-bond acceptors (Lipinski definition) is 3. The monoisotopic (exact) mass is 330 g/mol. The van der Waals surface area contributed by atoms with E-state index in [4.69, 9.17) is 11.5 Å². The van der Waals surface area contributed by atoms with Crippen molar-refractivity contribution in [3.63, 3.8) is 0 Å². The van der Waals surface area contributed by atoms with Crippen LogP contribution in [-0.2, 0) is 4.79 Å². The number of nitrogens with two attached hydrogens (primary N) is 2. The predicted molar refractivity (Wildman–Crippen MR) is 70.8 cm³/mol. The van der Waals surface area contributed by atoms with Gasteiger partial charge in [-0.1, -0.05) is 0 Å². The van der Waals surface area contributed by atoms with Crippen molar-refractivity contribution < 1.29 is 4.79 Å². The number of carbonyl (C=O) groups excluding carboxylic acids is 1. The number of carbonyl (C=O) groups is 1. The van der Waals surface area contributed by atoms with E-state index in [9.17, 15) is 4.79 Å². The van der Waals surface area contributed by atoms with E-state index < -0.39 is 11.9 Å². The molecule has 1 unspecified atom stereocenters. The Hall–Kier alpha value is -1.31. The zero-order chi connectivity index (χ0) is 11.9. The minimum atomic E-state index is -0.495. The summed E-state index contributed by atoms with van der Waals surface area (Å²) in [7, 11) is 0. The highest BCUT2D eigenvalue weighted by atomic mass is 127. The molecule has 2 aromatic rings. The first-order valence-corrected chi connectivity index (χ1v) is 5.81. The lowest BCUT2D eigenvalue weighted by atomic mass is 10.2. The van der Waals surface area contributed by atoms with Crippen LogP contribution < -0.4 is 11.5 Å². The van der Waals surface area contributed by atoms with E-state index in [2.05, 4.69) is 27.6 Å². The lowest BCUT2D eigenvalue weighted by molar-refractivity contribution is -0.120. The van der Waals surface area contributed by atoms with Gasteiger partial charge < -0.3 is 11.5 Å². The molecule has 0 aliphatic rings. The summed E-state index contributed by atoms with van der Waals surface area (Å²) in [6.07, 6.45) is 0. The number of amides is 1. The Kier molecular flexibility index (Phi) is 2.75. The summed E-state index contributed by atoms with van der Waals surface area (Å²) in [5.41, 5.74) is 12.7. The van der Waals surface area contributed by atoms with Gasteiger partial charge in [-0.2, -0.15) is 0 Å². The smallest absolute Gasteiger partial charge is 0.240 e. The molecular weight excluding hydrogens is 319 g/mol. The zero-order valence-electron chi connectivity index (χ0n) is 8.64. The topological polar surface area (TPSA) is 86.9 Å². The number of benzene rings is 1. The number of nitrogen functional groups attached to an aromatic ring is 1. The Bertz CT molecular complexity index is 563. The number of imidazole rings is 1. The number of aromatic nitrogens is 2. The van der Waals surface area contributed by atoms with Crippen LogP contribution >= 0.6 is 22.6 Å². The molecule has 1 aromatic heterocycles. The van der Waals surface area contributed by atoms with Crippen LogP contribution in [0.4, 0.5) is 5.95 Å². The van der Waals surface area contributed by atoms with Gasteiger partial charge in [-0.3, -0.25) is 9.36 Å². The maximum Gasteiger partial charge on any atom is 0.240 e. The SMILES string of the molecule is CC(C(N)=O)n1c(N)nc2cc(I)ccc21. The molecule has 0 spiro atoms. The van der Waals surface area contributed by atoms with Crippen LogP contribution in [0.1, 0.15) is 13.0 Å². The van der Waals surface area contributed by atoms with Gasteiger partial charge in [-0.15, -0.1) is 0 Å². The highest BCUT2D eigenvalue weighted by Crippen LogP contribution is 2.23. The zero-order valence-corrected chi connectivity index (χ0v) is 10.8. The van der Waals surface area contributed by atoms with Crippen LogP contribution in [0.5, 0.6) is 0 Å². The molecule has 1 amide bonds. The number of rotatable bonds is 2. The fourth-order valence-electron chi connectivity index (χ4n) is 1.62. The molecule has 1 heterocycles. The van der Waals surface area contributed by atoms with Crippen molar-refractivity contribution in [3.8, 4) is 0 Å². The molecule has 0 aliphatic carbocycles. The lowest BCUT2D eigenvalue weighted by Crippen LogP contribution is -2.24. The van der Waals surface area contributed by atoms with E-state index in [1.807, 2.05) is 18.2 Å². The largest absolute Gasteiger partial charge is 0.369 e. The summed E-state index contributed by atoms with van der Waals surface area (Å²) in [6.45, 7) is 1.71. The number of halogens is 1. The van der Waals surface area contributed by atoms with Gasteiger partial charge in [-0.05, 0) is 47.7 Å². The van der Waals surface area contributed by atoms with E-state index in [-0.39, 0.29) is 0 Å². The van der Waals surface area contributed by atoms with Gasteiger partial charge in [0.15, 0.2) is 0 Å². The van der Waals surface area contributed by atoms with E-state index in [0.717, 1.165) is 14.6 Å². The van der Waals surface area contributed by atoms with Crippen LogP contribution in [0, 0.1) is 3.57 Å². The van der Waals surface area contributed by atoms with Crippen LogP contribution in [-0.4, -0.2) is 15.5 Å². The predicted octanol–water partition coefficient (Wildman–Crippen LogP) is 1.27. The molecule has 0 fully saturated rings. The second-order valence-corrected chi connectivity index (χ2v) is 4.80. The molecule has 2 rings (SSSR count). The molecule has 0 saturated heterocycles. The molecule has 0 aliphatic heterocycles. The summed E-state index contributed by atoms with van der Waals surface area (Å²) in [4.78, 5) is 15.4. The Morgan fingerprint density at radius 3 is 2.88 bits per heavy atom. The van der Waals surface area contributed by atoms with Crippen LogP contribution in [0.15, 0.2) is 18.2 Å². The molecule has 1 aromatic carbocycles. The number of primary amides is 1. The Morgan fingerprint density at radius 1 is 1.56 bits per heavy atom. The first-order chi connectivity index (χ1) is 7.50. The Labute approximate surface area is 106 Å². The van der Waals surface area contributed by atoms with Crippen molar-refractivity contribution >= 4 is 45.5 Å². The van der Waals surface area contributed by atoms with Gasteiger partial charge in [0.2, 0.25) is 11.9 Å². The van der Waals surface area contributed by atoms with Gasteiger partial charge in [0, 0.05) is 3.57 Å². The third-order valence-electron chi connectivity index (χ3n) is 2.48. The minimum absolute atomic E-state index is 0.309. The van der Waals surface area contributed by atoms with Gasteiger partial charge in [0.1, 0.15) is 6.04 Å². The number of anilines is 1. The Morgan fingerprint density at radius 2 is 2.25 bits per heavy atom. The summed E-state index contributed by atoms with van der Waals surface area (Å²) in [5.74, 6) is -0.118. The molecule has 0 bridgehead atoms. The van der Waals surface area contributed by atoms with Crippen molar-refractivity contribution in [2.75, 3.05) is 5.73 Å². The highest BCUT2D eigenvalue weighted by Gasteiger charge is 2.17. The van der Waals surface area contributed by atoms with Crippen LogP contribution in [0.2, 0.25) is 0 Å². The van der Waals surface area contributed by atoms with Gasteiger partial charge >= 0.3 is 0 Å². The molecule has 16 heavy (non-hydrogen) atoms. The number of hydrogen-bond donors (Lipinski definition) is 2. The van der Waals surface area contributed by atoms with Gasteiger partial charge in [0.05, 0.1) is 11.0 Å². The van der Waals surface area contributed by atoms with Gasteiger partial charge in [0.25, 0.3) is 0 Å². The molecule has 84 valence electrons. The molecule has 1 atom stereocenters. The summed E-state index contributed by atoms with van der Waals surface area (Å²) < 4.78 is 2.72. The molecule has 6 heteroatoms. The molecule has 5 nitrogen and oxygen atoms in total. The van der Waals surface area contributed by atoms with Crippen LogP contribution in [0.25, 0.3) is 11.0 Å². The van der Waals surface area contributed by atoms with Crippen molar-refractivity contribution in [1.29, 1.82) is 0 Å². The quantitative estimate of drug-likeness (QED) is 0.813. The standard InChI is InChI=1S/C10H11IN4O/c1-5(9(12)16)15-8-3-2-6(11)4-7(8)14-10(15)13/h2-5H,1H3,(H2,12,16)(H2,13,14). The third kappa shape index (κ3) is 1.73. The summed E-state index contributed by atoms with van der Waals surface area (Å²) in [5, 5.41) is 0. The van der Waals surface area contributed by atoms with Crippen molar-refractivity contribution in [2.24, 2.45) is 5.73 Å². The number of fused-ring (bicyclic) bond motifs is 1. The third-order valence-corrected chi connectivity index (χ3v) is 3.15. The van der Waals surface area contributed by atoms with E-state index in [1.54, 1.807) is 11.5 Å². The van der Waals surface area contributed by atoms with Crippen molar-refractivity contribution in [3.05, 3.63) is 21.8 Å². The summed E-state index contributed by atoms with van der Waals surface area (Å²) in [6, 6.07) is 5.25. The normalized spacial score (nSPS) is 12.9.